The van der Waals surface area contributed by atoms with Crippen molar-refractivity contribution >= 4 is 0 Å². The van der Waals surface area contributed by atoms with Gasteiger partial charge in [0, 0.05) is 5.54 Å². The van der Waals surface area contributed by atoms with Gasteiger partial charge in [0.25, 0.3) is 0 Å². The summed E-state index contributed by atoms with van der Waals surface area (Å²) in [6, 6.07) is 6.52. The summed E-state index contributed by atoms with van der Waals surface area (Å²) < 4.78 is 12.7. The van der Waals surface area contributed by atoms with Crippen molar-refractivity contribution in [3.05, 3.63) is 35.6 Å². The van der Waals surface area contributed by atoms with E-state index in [9.17, 15) is 4.39 Å². The van der Waals surface area contributed by atoms with Crippen molar-refractivity contribution in [2.24, 2.45) is 11.7 Å². The lowest BCUT2D eigenvalue weighted by Gasteiger charge is -2.24. The lowest BCUT2D eigenvalue weighted by molar-refractivity contribution is 0.426. The van der Waals surface area contributed by atoms with Gasteiger partial charge in [-0.3, -0.25) is 0 Å². The van der Waals surface area contributed by atoms with E-state index < -0.39 is 0 Å². The Balaban J connectivity index is 2.28. The van der Waals surface area contributed by atoms with Crippen LogP contribution in [0.25, 0.3) is 0 Å². The molecule has 0 aromatic heterocycles. The van der Waals surface area contributed by atoms with Crippen molar-refractivity contribution in [1.82, 2.24) is 0 Å². The zero-order valence-electron chi connectivity index (χ0n) is 7.76. The first-order valence-corrected chi connectivity index (χ1v) is 4.65. The summed E-state index contributed by atoms with van der Waals surface area (Å²) in [7, 11) is 0. The fourth-order valence-electron chi connectivity index (χ4n) is 1.73. The van der Waals surface area contributed by atoms with Crippen molar-refractivity contribution in [2.75, 3.05) is 0 Å². The van der Waals surface area contributed by atoms with E-state index in [-0.39, 0.29) is 11.4 Å². The van der Waals surface area contributed by atoms with E-state index >= 15 is 0 Å². The van der Waals surface area contributed by atoms with Crippen LogP contribution in [0, 0.1) is 11.7 Å². The molecule has 0 bridgehead atoms. The minimum Gasteiger partial charge on any atom is -0.321 e. The number of benzene rings is 1. The second-order valence-electron chi connectivity index (χ2n) is 4.06. The molecule has 13 heavy (non-hydrogen) atoms. The minimum atomic E-state index is -0.270. The van der Waals surface area contributed by atoms with E-state index in [1.165, 1.54) is 25.0 Å². The first-order chi connectivity index (χ1) is 6.10. The molecule has 2 N–H and O–H groups in total. The van der Waals surface area contributed by atoms with E-state index in [4.69, 9.17) is 5.73 Å². The van der Waals surface area contributed by atoms with Gasteiger partial charge in [-0.1, -0.05) is 12.1 Å². The summed E-state index contributed by atoms with van der Waals surface area (Å²) in [5, 5.41) is 0. The van der Waals surface area contributed by atoms with Crippen LogP contribution in [0.1, 0.15) is 25.3 Å². The van der Waals surface area contributed by atoms with E-state index in [1.54, 1.807) is 12.1 Å². The van der Waals surface area contributed by atoms with Crippen molar-refractivity contribution in [2.45, 2.75) is 25.3 Å². The van der Waals surface area contributed by atoms with E-state index in [2.05, 4.69) is 0 Å². The van der Waals surface area contributed by atoms with Gasteiger partial charge in [0.1, 0.15) is 5.82 Å². The molecule has 1 saturated carbocycles. The molecule has 1 atom stereocenters. The van der Waals surface area contributed by atoms with E-state index in [0.29, 0.717) is 5.92 Å². The number of halogens is 1. The Morgan fingerprint density at radius 2 is 1.85 bits per heavy atom. The molecule has 0 aliphatic heterocycles. The zero-order valence-corrected chi connectivity index (χ0v) is 7.76. The van der Waals surface area contributed by atoms with Crippen molar-refractivity contribution in [1.29, 1.82) is 0 Å². The maximum Gasteiger partial charge on any atom is 0.123 e. The van der Waals surface area contributed by atoms with Crippen LogP contribution in [0.2, 0.25) is 0 Å². The molecule has 1 nitrogen and oxygen atoms in total. The normalized spacial score (nSPS) is 21.2. The van der Waals surface area contributed by atoms with E-state index in [1.807, 2.05) is 6.92 Å². The fourth-order valence-corrected chi connectivity index (χ4v) is 1.73. The Labute approximate surface area is 77.8 Å². The van der Waals surface area contributed by atoms with Crippen LogP contribution in [0.4, 0.5) is 4.39 Å². The highest BCUT2D eigenvalue weighted by Gasteiger charge is 2.39. The Kier molecular flexibility index (Phi) is 1.88. The largest absolute Gasteiger partial charge is 0.321 e. The molecule has 70 valence electrons. The number of hydrogen-bond acceptors (Lipinski definition) is 1. The molecule has 0 heterocycles. The highest BCUT2D eigenvalue weighted by Crippen LogP contribution is 2.43. The summed E-state index contributed by atoms with van der Waals surface area (Å²) in [6.45, 7) is 2.03. The Bertz CT molecular complexity index is 298. The summed E-state index contributed by atoms with van der Waals surface area (Å²) in [5.41, 5.74) is 6.94. The van der Waals surface area contributed by atoms with Gasteiger partial charge >= 0.3 is 0 Å². The Morgan fingerprint density at radius 3 is 2.31 bits per heavy atom. The third kappa shape index (κ3) is 1.59. The lowest BCUT2D eigenvalue weighted by atomic mass is 9.88. The van der Waals surface area contributed by atoms with Crippen LogP contribution in [-0.2, 0) is 5.54 Å². The molecule has 2 heteroatoms. The molecule has 1 aliphatic carbocycles. The maximum absolute atomic E-state index is 12.7. The molecule has 0 radical (unpaired) electrons. The first kappa shape index (κ1) is 8.70. The summed E-state index contributed by atoms with van der Waals surface area (Å²) in [6.07, 6.45) is 2.40. The van der Waals surface area contributed by atoms with Gasteiger partial charge in [-0.25, -0.2) is 4.39 Å². The lowest BCUT2D eigenvalue weighted by Crippen LogP contribution is -2.35. The Hall–Kier alpha value is -0.890. The Morgan fingerprint density at radius 1 is 1.31 bits per heavy atom. The van der Waals surface area contributed by atoms with Crippen LogP contribution in [0.3, 0.4) is 0 Å². The highest BCUT2D eigenvalue weighted by molar-refractivity contribution is 5.26. The van der Waals surface area contributed by atoms with E-state index in [0.717, 1.165) is 5.56 Å². The van der Waals surface area contributed by atoms with Crippen LogP contribution in [0.15, 0.2) is 24.3 Å². The molecular weight excluding hydrogens is 165 g/mol. The molecule has 1 aromatic rings. The molecule has 0 spiro atoms. The third-order valence-corrected chi connectivity index (χ3v) is 2.89. The average Bonchev–Trinajstić information content (AvgIpc) is 2.87. The third-order valence-electron chi connectivity index (χ3n) is 2.89. The maximum atomic E-state index is 12.7. The van der Waals surface area contributed by atoms with Crippen LogP contribution < -0.4 is 5.73 Å². The number of hydrogen-bond donors (Lipinski definition) is 1. The first-order valence-electron chi connectivity index (χ1n) is 4.65. The standard InChI is InChI=1S/C11H14FN/c1-11(13,8-2-3-8)9-4-6-10(12)7-5-9/h4-8H,2-3,13H2,1H3. The molecular formula is C11H14FN. The van der Waals surface area contributed by atoms with Gasteiger partial charge in [0.15, 0.2) is 0 Å². The minimum absolute atomic E-state index is 0.199. The summed E-state index contributed by atoms with van der Waals surface area (Å²) in [4.78, 5) is 0. The average molecular weight is 179 g/mol. The second-order valence-corrected chi connectivity index (χ2v) is 4.06. The number of nitrogens with two attached hydrogens (primary N) is 1. The summed E-state index contributed by atoms with van der Waals surface area (Å²) in [5.74, 6) is 0.383. The topological polar surface area (TPSA) is 26.0 Å². The smallest absolute Gasteiger partial charge is 0.123 e. The van der Waals surface area contributed by atoms with Gasteiger partial charge in [-0.2, -0.15) is 0 Å². The molecule has 1 aromatic carbocycles. The molecule has 0 amide bonds. The molecule has 1 fully saturated rings. The molecule has 2 rings (SSSR count). The molecule has 1 unspecified atom stereocenters. The molecule has 0 saturated heterocycles. The SMILES string of the molecule is CC(N)(c1ccc(F)cc1)C1CC1. The quantitative estimate of drug-likeness (QED) is 0.741. The van der Waals surface area contributed by atoms with Crippen LogP contribution in [0.5, 0.6) is 0 Å². The summed E-state index contributed by atoms with van der Waals surface area (Å²) >= 11 is 0. The fraction of sp³-hybridized carbons (Fsp3) is 0.455. The monoisotopic (exact) mass is 179 g/mol. The van der Waals surface area contributed by atoms with Gasteiger partial charge in [-0.05, 0) is 43.4 Å². The van der Waals surface area contributed by atoms with Crippen molar-refractivity contribution in [3.63, 3.8) is 0 Å². The number of rotatable bonds is 2. The van der Waals surface area contributed by atoms with Gasteiger partial charge in [0.2, 0.25) is 0 Å². The highest BCUT2D eigenvalue weighted by atomic mass is 19.1. The van der Waals surface area contributed by atoms with Crippen molar-refractivity contribution in [3.8, 4) is 0 Å². The van der Waals surface area contributed by atoms with Crippen LogP contribution in [-0.4, -0.2) is 0 Å². The predicted octanol–water partition coefficient (Wildman–Crippen LogP) is 2.41. The van der Waals surface area contributed by atoms with Gasteiger partial charge < -0.3 is 5.73 Å². The second kappa shape index (κ2) is 2.81. The van der Waals surface area contributed by atoms with Crippen LogP contribution >= 0.6 is 0 Å². The zero-order chi connectivity index (χ0) is 9.47. The van der Waals surface area contributed by atoms with Gasteiger partial charge in [0.05, 0.1) is 0 Å². The van der Waals surface area contributed by atoms with Gasteiger partial charge in [-0.15, -0.1) is 0 Å². The van der Waals surface area contributed by atoms with Crippen molar-refractivity contribution < 1.29 is 4.39 Å². The molecule has 1 aliphatic rings. The predicted molar refractivity (Wildman–Crippen MR) is 50.7 cm³/mol.